The first-order chi connectivity index (χ1) is 7.78. The Balaban J connectivity index is 3.03. The molecule has 1 aromatic rings. The summed E-state index contributed by atoms with van der Waals surface area (Å²) in [6.45, 7) is 1.54. The molecule has 0 fully saturated rings. The second-order valence-electron chi connectivity index (χ2n) is 3.37. The Morgan fingerprint density at radius 2 is 2.29 bits per heavy atom. The summed E-state index contributed by atoms with van der Waals surface area (Å²) < 4.78 is 25.6. The number of nitrogens with zero attached hydrogens (tertiary/aromatic N) is 2. The van der Waals surface area contributed by atoms with Gasteiger partial charge in [0, 0.05) is 7.05 Å². The molecule has 0 aliphatic carbocycles. The van der Waals surface area contributed by atoms with Gasteiger partial charge in [-0.1, -0.05) is 16.8 Å². The van der Waals surface area contributed by atoms with Crippen molar-refractivity contribution < 1.29 is 13.6 Å². The van der Waals surface area contributed by atoms with Gasteiger partial charge < -0.3 is 10.9 Å². The zero-order chi connectivity index (χ0) is 13.2. The maximum atomic E-state index is 12.0. The van der Waals surface area contributed by atoms with E-state index in [0.29, 0.717) is 9.90 Å². The molecule has 6 nitrogen and oxygen atoms in total. The van der Waals surface area contributed by atoms with Crippen LogP contribution in [0, 0.1) is 6.92 Å². The summed E-state index contributed by atoms with van der Waals surface area (Å²) in [6.07, 6.45) is 0. The fourth-order valence-electron chi connectivity index (χ4n) is 1.06. The Labute approximate surface area is 108 Å². The number of thiophene rings is 1. The van der Waals surface area contributed by atoms with E-state index in [9.17, 15) is 8.42 Å². The van der Waals surface area contributed by atoms with Crippen LogP contribution in [-0.4, -0.2) is 37.4 Å². The molecular weight excluding hydrogens is 286 g/mol. The van der Waals surface area contributed by atoms with E-state index in [1.165, 1.54) is 13.1 Å². The summed E-state index contributed by atoms with van der Waals surface area (Å²) >= 11 is 6.80. The minimum absolute atomic E-state index is 0.133. The molecule has 1 rings (SSSR count). The average molecular weight is 298 g/mol. The molecule has 0 saturated heterocycles. The van der Waals surface area contributed by atoms with Crippen LogP contribution in [0.4, 0.5) is 0 Å². The number of aryl methyl sites for hydroxylation is 1. The van der Waals surface area contributed by atoms with E-state index in [1.807, 2.05) is 0 Å². The molecule has 0 bridgehead atoms. The molecule has 0 saturated carbocycles. The van der Waals surface area contributed by atoms with Crippen molar-refractivity contribution >= 4 is 38.8 Å². The quantitative estimate of drug-likeness (QED) is 0.376. The Morgan fingerprint density at radius 3 is 2.71 bits per heavy atom. The minimum Gasteiger partial charge on any atom is -0.409 e. The second-order valence-corrected chi connectivity index (χ2v) is 7.30. The largest absolute Gasteiger partial charge is 0.409 e. The van der Waals surface area contributed by atoms with Crippen LogP contribution in [0.25, 0.3) is 0 Å². The molecule has 3 N–H and O–H groups in total. The van der Waals surface area contributed by atoms with E-state index in [1.54, 1.807) is 6.92 Å². The normalized spacial score (nSPS) is 13.3. The summed E-state index contributed by atoms with van der Waals surface area (Å²) in [5.74, 6) is -0.185. The van der Waals surface area contributed by atoms with E-state index in [2.05, 4.69) is 5.16 Å². The maximum absolute atomic E-state index is 12.0. The SMILES string of the molecule is Cc1cc(S(=O)(=O)N(C)CC(N)=NO)sc1Cl. The van der Waals surface area contributed by atoms with Gasteiger partial charge in [0.05, 0.1) is 10.9 Å². The lowest BCUT2D eigenvalue weighted by atomic mass is 10.4. The summed E-state index contributed by atoms with van der Waals surface area (Å²) in [5.41, 5.74) is 5.96. The van der Waals surface area contributed by atoms with Crippen molar-refractivity contribution in [2.24, 2.45) is 10.9 Å². The summed E-state index contributed by atoms with van der Waals surface area (Å²) in [7, 11) is -2.31. The highest BCUT2D eigenvalue weighted by Gasteiger charge is 2.24. The van der Waals surface area contributed by atoms with Crippen LogP contribution in [0.5, 0.6) is 0 Å². The molecule has 9 heteroatoms. The molecule has 1 heterocycles. The lowest BCUT2D eigenvalue weighted by Gasteiger charge is -2.14. The molecule has 0 aliphatic rings. The fraction of sp³-hybridized carbons (Fsp3) is 0.375. The van der Waals surface area contributed by atoms with Crippen molar-refractivity contribution in [1.29, 1.82) is 0 Å². The zero-order valence-electron chi connectivity index (χ0n) is 9.21. The molecule has 1 aromatic heterocycles. The summed E-state index contributed by atoms with van der Waals surface area (Å²) in [5, 5.41) is 11.1. The van der Waals surface area contributed by atoms with Gasteiger partial charge in [-0.05, 0) is 18.6 Å². The predicted molar refractivity (Wildman–Crippen MR) is 67.3 cm³/mol. The molecular formula is C8H12ClN3O3S2. The van der Waals surface area contributed by atoms with Crippen molar-refractivity contribution in [3.8, 4) is 0 Å². The lowest BCUT2D eigenvalue weighted by Crippen LogP contribution is -2.35. The Morgan fingerprint density at radius 1 is 1.71 bits per heavy atom. The monoisotopic (exact) mass is 297 g/mol. The van der Waals surface area contributed by atoms with E-state index < -0.39 is 10.0 Å². The smallest absolute Gasteiger partial charge is 0.252 e. The minimum atomic E-state index is -3.65. The van der Waals surface area contributed by atoms with Crippen LogP contribution >= 0.6 is 22.9 Å². The molecule has 0 amide bonds. The zero-order valence-corrected chi connectivity index (χ0v) is 11.6. The molecule has 17 heavy (non-hydrogen) atoms. The first-order valence-corrected chi connectivity index (χ1v) is 7.11. The number of hydrogen-bond donors (Lipinski definition) is 2. The molecule has 0 spiro atoms. The van der Waals surface area contributed by atoms with Gasteiger partial charge in [0.1, 0.15) is 4.21 Å². The summed E-state index contributed by atoms with van der Waals surface area (Å²) in [4.78, 5) is 0. The van der Waals surface area contributed by atoms with Crippen LogP contribution < -0.4 is 5.73 Å². The van der Waals surface area contributed by atoms with Gasteiger partial charge in [0.15, 0.2) is 5.84 Å². The van der Waals surface area contributed by atoms with Crippen LogP contribution in [0.15, 0.2) is 15.4 Å². The van der Waals surface area contributed by atoms with Gasteiger partial charge in [0.2, 0.25) is 0 Å². The molecule has 0 aromatic carbocycles. The third kappa shape index (κ3) is 3.09. The van der Waals surface area contributed by atoms with E-state index in [-0.39, 0.29) is 16.6 Å². The Hall–Kier alpha value is -0.830. The highest BCUT2D eigenvalue weighted by molar-refractivity contribution is 7.91. The van der Waals surface area contributed by atoms with Crippen molar-refractivity contribution in [2.45, 2.75) is 11.1 Å². The number of nitrogens with two attached hydrogens (primary N) is 1. The topological polar surface area (TPSA) is 96.0 Å². The number of likely N-dealkylation sites (N-methyl/N-ethyl adjacent to an activating group) is 1. The molecule has 0 unspecified atom stereocenters. The van der Waals surface area contributed by atoms with Crippen molar-refractivity contribution in [3.05, 3.63) is 16.0 Å². The number of rotatable bonds is 4. The number of hydrogen-bond acceptors (Lipinski definition) is 5. The first-order valence-electron chi connectivity index (χ1n) is 4.47. The second kappa shape index (κ2) is 5.21. The maximum Gasteiger partial charge on any atom is 0.252 e. The Kier molecular flexibility index (Phi) is 4.36. The van der Waals surface area contributed by atoms with Gasteiger partial charge in [-0.15, -0.1) is 11.3 Å². The van der Waals surface area contributed by atoms with Crippen molar-refractivity contribution in [1.82, 2.24) is 4.31 Å². The highest BCUT2D eigenvalue weighted by atomic mass is 35.5. The van der Waals surface area contributed by atoms with E-state index in [4.69, 9.17) is 22.5 Å². The van der Waals surface area contributed by atoms with Gasteiger partial charge >= 0.3 is 0 Å². The van der Waals surface area contributed by atoms with E-state index in [0.717, 1.165) is 15.6 Å². The van der Waals surface area contributed by atoms with Crippen LogP contribution in [0.3, 0.4) is 0 Å². The van der Waals surface area contributed by atoms with Crippen LogP contribution in [0.2, 0.25) is 4.34 Å². The molecule has 96 valence electrons. The first kappa shape index (κ1) is 14.2. The predicted octanol–water partition coefficient (Wildman–Crippen LogP) is 1.08. The number of amidine groups is 1. The molecule has 0 radical (unpaired) electrons. The van der Waals surface area contributed by atoms with E-state index >= 15 is 0 Å². The van der Waals surface area contributed by atoms with Gasteiger partial charge in [-0.3, -0.25) is 0 Å². The molecule has 0 atom stereocenters. The number of oxime groups is 1. The average Bonchev–Trinajstić information content (AvgIpc) is 2.59. The standard InChI is InChI=1S/C8H12ClN3O3S2/c1-5-3-7(16-8(5)9)17(14,15)12(2)4-6(10)11-13/h3,13H,4H2,1-2H3,(H2,10,11). The van der Waals surface area contributed by atoms with Gasteiger partial charge in [0.25, 0.3) is 10.0 Å². The van der Waals surface area contributed by atoms with Crippen LogP contribution in [0.1, 0.15) is 5.56 Å². The number of halogens is 1. The van der Waals surface area contributed by atoms with Gasteiger partial charge in [-0.25, -0.2) is 8.42 Å². The van der Waals surface area contributed by atoms with Crippen molar-refractivity contribution in [2.75, 3.05) is 13.6 Å². The Bertz CT molecular complexity index is 519. The van der Waals surface area contributed by atoms with Crippen molar-refractivity contribution in [3.63, 3.8) is 0 Å². The van der Waals surface area contributed by atoms with Gasteiger partial charge in [-0.2, -0.15) is 4.31 Å². The lowest BCUT2D eigenvalue weighted by molar-refractivity contribution is 0.315. The van der Waals surface area contributed by atoms with Crippen LogP contribution in [-0.2, 0) is 10.0 Å². The third-order valence-corrected chi connectivity index (χ3v) is 5.82. The fourth-order valence-corrected chi connectivity index (χ4v) is 4.12. The summed E-state index contributed by atoms with van der Waals surface area (Å²) in [6, 6.07) is 1.49. The number of sulfonamides is 1. The molecule has 0 aliphatic heterocycles. The third-order valence-electron chi connectivity index (χ3n) is 2.01. The highest BCUT2D eigenvalue weighted by Crippen LogP contribution is 2.31.